The Morgan fingerprint density at radius 1 is 1.04 bits per heavy atom. The summed E-state index contributed by atoms with van der Waals surface area (Å²) in [5.41, 5.74) is 0.747. The smallest absolute Gasteiger partial charge is 0.294 e. The van der Waals surface area contributed by atoms with Crippen LogP contribution in [0.1, 0.15) is 30.9 Å². The molecule has 1 aliphatic heterocycles. The van der Waals surface area contributed by atoms with Gasteiger partial charge in [0, 0.05) is 11.5 Å². The second kappa shape index (κ2) is 6.44. The van der Waals surface area contributed by atoms with Crippen molar-refractivity contribution in [1.82, 2.24) is 0 Å². The number of carbonyl (C=O) groups is 1. The predicted molar refractivity (Wildman–Crippen MR) is 96.0 cm³/mol. The molecule has 1 heterocycles. The van der Waals surface area contributed by atoms with Crippen LogP contribution in [0.2, 0.25) is 0 Å². The number of amides is 1. The number of hydrogen-bond acceptors (Lipinski definition) is 2. The third-order valence-electron chi connectivity index (χ3n) is 4.54. The fourth-order valence-electron chi connectivity index (χ4n) is 3.25. The molecule has 0 N–H and O–H groups in total. The molecule has 0 saturated carbocycles. The summed E-state index contributed by atoms with van der Waals surface area (Å²) >= 11 is 0. The van der Waals surface area contributed by atoms with E-state index in [1.807, 2.05) is 74.5 Å². The van der Waals surface area contributed by atoms with Crippen molar-refractivity contribution in [2.45, 2.75) is 25.4 Å². The first kappa shape index (κ1) is 16.2. The average Bonchev–Trinajstić information content (AvgIpc) is 2.96. The van der Waals surface area contributed by atoms with E-state index in [4.69, 9.17) is 4.74 Å². The summed E-state index contributed by atoms with van der Waals surface area (Å²) in [6, 6.07) is 19.4. The summed E-state index contributed by atoms with van der Waals surface area (Å²) in [4.78, 5) is 17.2. The van der Waals surface area contributed by atoms with Crippen molar-refractivity contribution in [3.63, 3.8) is 0 Å². The maximum atomic E-state index is 12.9. The molecule has 0 aliphatic carbocycles. The van der Waals surface area contributed by atoms with Gasteiger partial charge < -0.3 is 4.74 Å². The summed E-state index contributed by atoms with van der Waals surface area (Å²) in [5.74, 6) is -0.184. The van der Waals surface area contributed by atoms with Gasteiger partial charge in [-0.1, -0.05) is 68.5 Å². The van der Waals surface area contributed by atoms with E-state index in [1.54, 1.807) is 6.08 Å². The fourth-order valence-corrected chi connectivity index (χ4v) is 3.25. The van der Waals surface area contributed by atoms with Gasteiger partial charge in [0.25, 0.3) is 5.91 Å². The Morgan fingerprint density at radius 2 is 1.62 bits per heavy atom. The molecule has 0 bridgehead atoms. The lowest BCUT2D eigenvalue weighted by atomic mass is 9.74. The molecule has 2 aromatic rings. The lowest BCUT2D eigenvalue weighted by Crippen LogP contribution is -2.47. The summed E-state index contributed by atoms with van der Waals surface area (Å²) in [5, 5.41) is 0. The highest BCUT2D eigenvalue weighted by Crippen LogP contribution is 2.43. The van der Waals surface area contributed by atoms with Gasteiger partial charge in [-0.15, -0.1) is 6.58 Å². The van der Waals surface area contributed by atoms with E-state index in [0.717, 1.165) is 11.1 Å². The Hall–Kier alpha value is -2.68. The van der Waals surface area contributed by atoms with Gasteiger partial charge in [-0.2, -0.15) is 4.99 Å². The molecule has 3 heteroatoms. The van der Waals surface area contributed by atoms with Crippen molar-refractivity contribution in [2.75, 3.05) is 0 Å². The normalized spacial score (nSPS) is 21.3. The highest BCUT2D eigenvalue weighted by atomic mass is 16.5. The van der Waals surface area contributed by atoms with Gasteiger partial charge in [0.1, 0.15) is 0 Å². The standard InChI is InChI=1S/C21H21NO2/c1-4-18(16-11-7-5-8-12-16)21(15(2)3)20(23)22-19(24-21)17-13-9-6-10-14-17/h4-15,18H,1H2,2-3H3/t18-,21+/m0/s1. The maximum Gasteiger partial charge on any atom is 0.294 e. The molecule has 0 saturated heterocycles. The van der Waals surface area contributed by atoms with E-state index in [1.165, 1.54) is 0 Å². The third kappa shape index (κ3) is 2.56. The number of nitrogens with zero attached hydrogens (tertiary/aromatic N) is 1. The van der Waals surface area contributed by atoms with Gasteiger partial charge in [-0.05, 0) is 17.7 Å². The molecular formula is C21H21NO2. The largest absolute Gasteiger partial charge is 0.459 e. The van der Waals surface area contributed by atoms with Crippen LogP contribution in [0.3, 0.4) is 0 Å². The van der Waals surface area contributed by atoms with Crippen molar-refractivity contribution in [2.24, 2.45) is 10.9 Å². The number of carbonyl (C=O) groups excluding carboxylic acids is 1. The van der Waals surface area contributed by atoms with Crippen LogP contribution in [0.25, 0.3) is 0 Å². The first-order valence-electron chi connectivity index (χ1n) is 8.14. The molecule has 122 valence electrons. The number of ether oxygens (including phenoxy) is 1. The maximum absolute atomic E-state index is 12.9. The molecule has 0 fully saturated rings. The quantitative estimate of drug-likeness (QED) is 0.768. The van der Waals surface area contributed by atoms with Crippen LogP contribution in [0.4, 0.5) is 0 Å². The molecule has 2 atom stereocenters. The van der Waals surface area contributed by atoms with Gasteiger partial charge in [-0.25, -0.2) is 0 Å². The van der Waals surface area contributed by atoms with Gasteiger partial charge in [0.2, 0.25) is 11.5 Å². The monoisotopic (exact) mass is 319 g/mol. The predicted octanol–water partition coefficient (Wildman–Crippen LogP) is 4.35. The molecule has 2 aromatic carbocycles. The van der Waals surface area contributed by atoms with Crippen molar-refractivity contribution in [3.8, 4) is 0 Å². The molecule has 0 radical (unpaired) electrons. The van der Waals surface area contributed by atoms with E-state index >= 15 is 0 Å². The summed E-state index contributed by atoms with van der Waals surface area (Å²) in [6.45, 7) is 7.93. The topological polar surface area (TPSA) is 38.7 Å². The van der Waals surface area contributed by atoms with Gasteiger partial charge in [-0.3, -0.25) is 4.79 Å². The van der Waals surface area contributed by atoms with Crippen LogP contribution in [0.15, 0.2) is 78.3 Å². The number of benzene rings is 2. The minimum absolute atomic E-state index is 0.0573. The van der Waals surface area contributed by atoms with Crippen LogP contribution in [-0.4, -0.2) is 17.4 Å². The minimum Gasteiger partial charge on any atom is -0.459 e. The zero-order valence-corrected chi connectivity index (χ0v) is 14.0. The van der Waals surface area contributed by atoms with Crippen LogP contribution >= 0.6 is 0 Å². The second-order valence-electron chi connectivity index (χ2n) is 6.26. The van der Waals surface area contributed by atoms with E-state index in [9.17, 15) is 4.79 Å². The Morgan fingerprint density at radius 3 is 2.17 bits per heavy atom. The molecule has 3 nitrogen and oxygen atoms in total. The summed E-state index contributed by atoms with van der Waals surface area (Å²) in [7, 11) is 0. The SMILES string of the molecule is C=C[C@@H](c1ccccc1)[C@@]1(C(C)C)OC(c2ccccc2)=NC1=O. The van der Waals surface area contributed by atoms with Crippen molar-refractivity contribution in [3.05, 3.63) is 84.4 Å². The second-order valence-corrected chi connectivity index (χ2v) is 6.26. The molecule has 0 aromatic heterocycles. The number of hydrogen-bond donors (Lipinski definition) is 0. The Balaban J connectivity index is 2.05. The van der Waals surface area contributed by atoms with E-state index in [2.05, 4.69) is 11.6 Å². The van der Waals surface area contributed by atoms with Crippen LogP contribution in [0.5, 0.6) is 0 Å². The van der Waals surface area contributed by atoms with E-state index in [-0.39, 0.29) is 17.7 Å². The van der Waals surface area contributed by atoms with Crippen LogP contribution < -0.4 is 0 Å². The Kier molecular flexibility index (Phi) is 4.34. The van der Waals surface area contributed by atoms with Crippen LogP contribution in [0, 0.1) is 5.92 Å². The minimum atomic E-state index is -1.06. The van der Waals surface area contributed by atoms with Crippen molar-refractivity contribution < 1.29 is 9.53 Å². The first-order valence-corrected chi connectivity index (χ1v) is 8.14. The molecule has 24 heavy (non-hydrogen) atoms. The Bertz CT molecular complexity index is 765. The summed E-state index contributed by atoms with van der Waals surface area (Å²) in [6.07, 6.45) is 1.79. The number of rotatable bonds is 5. The molecule has 1 aliphatic rings. The van der Waals surface area contributed by atoms with Crippen molar-refractivity contribution in [1.29, 1.82) is 0 Å². The van der Waals surface area contributed by atoms with Crippen LogP contribution in [-0.2, 0) is 9.53 Å². The Labute approximate surface area is 142 Å². The molecule has 0 unspecified atom stereocenters. The van der Waals surface area contributed by atoms with Crippen molar-refractivity contribution >= 4 is 11.8 Å². The molecule has 3 rings (SSSR count). The zero-order valence-electron chi connectivity index (χ0n) is 14.0. The third-order valence-corrected chi connectivity index (χ3v) is 4.54. The van der Waals surface area contributed by atoms with Gasteiger partial charge >= 0.3 is 0 Å². The van der Waals surface area contributed by atoms with Gasteiger partial charge in [0.15, 0.2) is 0 Å². The highest BCUT2D eigenvalue weighted by Gasteiger charge is 2.54. The lowest BCUT2D eigenvalue weighted by Gasteiger charge is -2.36. The molecule has 1 amide bonds. The lowest BCUT2D eigenvalue weighted by molar-refractivity contribution is -0.135. The average molecular weight is 319 g/mol. The molecular weight excluding hydrogens is 298 g/mol. The summed E-state index contributed by atoms with van der Waals surface area (Å²) < 4.78 is 6.25. The van der Waals surface area contributed by atoms with E-state index in [0.29, 0.717) is 5.90 Å². The van der Waals surface area contributed by atoms with E-state index < -0.39 is 5.60 Å². The first-order chi connectivity index (χ1) is 11.6. The van der Waals surface area contributed by atoms with Gasteiger partial charge in [0.05, 0.1) is 5.92 Å². The highest BCUT2D eigenvalue weighted by molar-refractivity contribution is 6.09. The number of aliphatic imine (C=N–C) groups is 1. The molecule has 0 spiro atoms. The fraction of sp³-hybridized carbons (Fsp3) is 0.238. The zero-order chi connectivity index (χ0) is 17.2.